The van der Waals surface area contributed by atoms with Crippen molar-refractivity contribution in [1.29, 1.82) is 0 Å². The average molecular weight is 500 g/mol. The van der Waals surface area contributed by atoms with Crippen molar-refractivity contribution >= 4 is 33.4 Å². The lowest BCUT2D eigenvalue weighted by Gasteiger charge is -2.35. The number of rotatable bonds is 6. The molecule has 160 valence electrons. The van der Waals surface area contributed by atoms with E-state index in [1.807, 2.05) is 47.4 Å². The van der Waals surface area contributed by atoms with Crippen molar-refractivity contribution in [2.24, 2.45) is 0 Å². The number of carbonyl (C=O) groups is 1. The Morgan fingerprint density at radius 1 is 0.903 bits per heavy atom. The predicted molar refractivity (Wildman–Crippen MR) is 128 cm³/mol. The number of carbonyl (C=O) groups excluding carboxylic acids is 1. The van der Waals surface area contributed by atoms with E-state index in [0.717, 1.165) is 54.1 Å². The highest BCUT2D eigenvalue weighted by Crippen LogP contribution is 2.20. The molecular formula is C25H24BrClN2O2. The lowest BCUT2D eigenvalue weighted by Crippen LogP contribution is -2.48. The Bertz CT molecular complexity index is 1020. The van der Waals surface area contributed by atoms with Gasteiger partial charge in [0.2, 0.25) is 0 Å². The van der Waals surface area contributed by atoms with E-state index in [2.05, 4.69) is 39.0 Å². The quantitative estimate of drug-likeness (QED) is 0.440. The van der Waals surface area contributed by atoms with Crippen LogP contribution in [0.1, 0.15) is 21.5 Å². The van der Waals surface area contributed by atoms with E-state index in [1.165, 1.54) is 5.56 Å². The van der Waals surface area contributed by atoms with Gasteiger partial charge in [0.25, 0.3) is 5.91 Å². The summed E-state index contributed by atoms with van der Waals surface area (Å²) in [6.07, 6.45) is 0. The summed E-state index contributed by atoms with van der Waals surface area (Å²) in [7, 11) is 0. The van der Waals surface area contributed by atoms with Crippen LogP contribution in [0.3, 0.4) is 0 Å². The van der Waals surface area contributed by atoms with Crippen LogP contribution >= 0.6 is 27.5 Å². The standard InChI is InChI=1S/C25H24BrClN2O2/c26-24-4-2-1-3-21(24)17-28-13-15-29(16-14-28)25(30)20-7-5-19(6-8-20)18-31-23-11-9-22(27)10-12-23/h1-12H,13-18H2. The Hall–Kier alpha value is -2.34. The van der Waals surface area contributed by atoms with Crippen LogP contribution in [0.15, 0.2) is 77.3 Å². The molecule has 4 rings (SSSR count). The molecule has 1 fully saturated rings. The Labute approximate surface area is 196 Å². The van der Waals surface area contributed by atoms with Crippen molar-refractivity contribution in [3.63, 3.8) is 0 Å². The lowest BCUT2D eigenvalue weighted by molar-refractivity contribution is 0.0628. The molecular weight excluding hydrogens is 476 g/mol. The van der Waals surface area contributed by atoms with Crippen LogP contribution in [-0.2, 0) is 13.2 Å². The molecule has 0 atom stereocenters. The van der Waals surface area contributed by atoms with Gasteiger partial charge in [-0.25, -0.2) is 0 Å². The third-order valence-electron chi connectivity index (χ3n) is 5.43. The molecule has 0 N–H and O–H groups in total. The van der Waals surface area contributed by atoms with E-state index < -0.39 is 0 Å². The van der Waals surface area contributed by atoms with Crippen LogP contribution in [0, 0.1) is 0 Å². The average Bonchev–Trinajstić information content (AvgIpc) is 2.81. The van der Waals surface area contributed by atoms with Gasteiger partial charge in [-0.1, -0.05) is 57.9 Å². The van der Waals surface area contributed by atoms with Crippen molar-refractivity contribution in [3.05, 3.63) is 99.0 Å². The fraction of sp³-hybridized carbons (Fsp3) is 0.240. The third-order valence-corrected chi connectivity index (χ3v) is 6.46. The molecule has 3 aromatic rings. The van der Waals surface area contributed by atoms with E-state index in [0.29, 0.717) is 11.6 Å². The summed E-state index contributed by atoms with van der Waals surface area (Å²) < 4.78 is 6.90. The van der Waals surface area contributed by atoms with Gasteiger partial charge in [-0.3, -0.25) is 9.69 Å². The Morgan fingerprint density at radius 2 is 1.58 bits per heavy atom. The highest BCUT2D eigenvalue weighted by Gasteiger charge is 2.22. The van der Waals surface area contributed by atoms with Crippen molar-refractivity contribution in [3.8, 4) is 5.75 Å². The molecule has 1 aliphatic heterocycles. The van der Waals surface area contributed by atoms with E-state index in [-0.39, 0.29) is 5.91 Å². The summed E-state index contributed by atoms with van der Waals surface area (Å²) >= 11 is 9.51. The molecule has 0 unspecified atom stereocenters. The molecule has 0 spiro atoms. The summed E-state index contributed by atoms with van der Waals surface area (Å²) in [6, 6.07) is 23.3. The van der Waals surface area contributed by atoms with Gasteiger partial charge in [0, 0.05) is 47.8 Å². The highest BCUT2D eigenvalue weighted by molar-refractivity contribution is 9.10. The molecule has 0 aliphatic carbocycles. The highest BCUT2D eigenvalue weighted by atomic mass is 79.9. The number of benzene rings is 3. The van der Waals surface area contributed by atoms with Gasteiger partial charge in [0.05, 0.1) is 0 Å². The van der Waals surface area contributed by atoms with Gasteiger partial charge in [0.1, 0.15) is 12.4 Å². The predicted octanol–water partition coefficient (Wildman–Crippen LogP) is 5.64. The maximum absolute atomic E-state index is 12.9. The molecule has 0 saturated carbocycles. The normalized spacial score (nSPS) is 14.5. The third kappa shape index (κ3) is 5.88. The topological polar surface area (TPSA) is 32.8 Å². The largest absolute Gasteiger partial charge is 0.489 e. The number of nitrogens with zero attached hydrogens (tertiary/aromatic N) is 2. The molecule has 1 heterocycles. The van der Waals surface area contributed by atoms with Gasteiger partial charge in [-0.2, -0.15) is 0 Å². The smallest absolute Gasteiger partial charge is 0.253 e. The lowest BCUT2D eigenvalue weighted by atomic mass is 10.1. The first-order valence-electron chi connectivity index (χ1n) is 10.3. The molecule has 1 aliphatic rings. The van der Waals surface area contributed by atoms with Crippen LogP contribution in [0.5, 0.6) is 5.75 Å². The van der Waals surface area contributed by atoms with Crippen LogP contribution in [0.25, 0.3) is 0 Å². The summed E-state index contributed by atoms with van der Waals surface area (Å²) in [6.45, 7) is 4.57. The zero-order valence-corrected chi connectivity index (χ0v) is 19.5. The van der Waals surface area contributed by atoms with Crippen molar-refractivity contribution in [2.45, 2.75) is 13.2 Å². The summed E-state index contributed by atoms with van der Waals surface area (Å²) in [4.78, 5) is 17.2. The molecule has 0 radical (unpaired) electrons. The minimum absolute atomic E-state index is 0.0886. The minimum Gasteiger partial charge on any atom is -0.489 e. The summed E-state index contributed by atoms with van der Waals surface area (Å²) in [5.74, 6) is 0.857. The van der Waals surface area contributed by atoms with Crippen LogP contribution in [0.4, 0.5) is 0 Å². The molecule has 6 heteroatoms. The van der Waals surface area contributed by atoms with Gasteiger partial charge < -0.3 is 9.64 Å². The monoisotopic (exact) mass is 498 g/mol. The van der Waals surface area contributed by atoms with E-state index in [1.54, 1.807) is 12.1 Å². The van der Waals surface area contributed by atoms with Crippen LogP contribution in [0.2, 0.25) is 5.02 Å². The minimum atomic E-state index is 0.0886. The number of halogens is 2. The van der Waals surface area contributed by atoms with Gasteiger partial charge >= 0.3 is 0 Å². The summed E-state index contributed by atoms with van der Waals surface area (Å²) in [5.41, 5.74) is 3.01. The molecule has 1 amide bonds. The Morgan fingerprint density at radius 3 is 2.26 bits per heavy atom. The number of hydrogen-bond donors (Lipinski definition) is 0. The fourth-order valence-corrected chi connectivity index (χ4v) is 4.14. The molecule has 31 heavy (non-hydrogen) atoms. The Kier molecular flexibility index (Phi) is 7.28. The zero-order chi connectivity index (χ0) is 21.6. The summed E-state index contributed by atoms with van der Waals surface area (Å²) in [5, 5.41) is 0.684. The van der Waals surface area contributed by atoms with Gasteiger partial charge in [-0.15, -0.1) is 0 Å². The maximum Gasteiger partial charge on any atom is 0.253 e. The molecule has 1 saturated heterocycles. The molecule has 0 bridgehead atoms. The SMILES string of the molecule is O=C(c1ccc(COc2ccc(Cl)cc2)cc1)N1CCN(Cc2ccccc2Br)CC1. The fourth-order valence-electron chi connectivity index (χ4n) is 3.60. The first kappa shape index (κ1) is 21.9. The second-order valence-electron chi connectivity index (χ2n) is 7.60. The second-order valence-corrected chi connectivity index (χ2v) is 8.89. The molecule has 0 aromatic heterocycles. The number of hydrogen-bond acceptors (Lipinski definition) is 3. The number of amides is 1. The number of piperazine rings is 1. The van der Waals surface area contributed by atoms with E-state index >= 15 is 0 Å². The maximum atomic E-state index is 12.9. The van der Waals surface area contributed by atoms with Crippen LogP contribution < -0.4 is 4.74 Å². The number of ether oxygens (including phenoxy) is 1. The first-order chi connectivity index (χ1) is 15.1. The molecule has 3 aromatic carbocycles. The van der Waals surface area contributed by atoms with Gasteiger partial charge in [-0.05, 0) is 53.6 Å². The van der Waals surface area contributed by atoms with Gasteiger partial charge in [0.15, 0.2) is 0 Å². The second kappa shape index (κ2) is 10.3. The van der Waals surface area contributed by atoms with Crippen molar-refractivity contribution < 1.29 is 9.53 Å². The van der Waals surface area contributed by atoms with Crippen molar-refractivity contribution in [1.82, 2.24) is 9.80 Å². The Balaban J connectivity index is 1.27. The zero-order valence-electron chi connectivity index (χ0n) is 17.1. The van der Waals surface area contributed by atoms with E-state index in [4.69, 9.17) is 16.3 Å². The van der Waals surface area contributed by atoms with Crippen molar-refractivity contribution in [2.75, 3.05) is 26.2 Å². The molecule has 4 nitrogen and oxygen atoms in total. The first-order valence-corrected chi connectivity index (χ1v) is 11.5. The van der Waals surface area contributed by atoms with E-state index in [9.17, 15) is 4.79 Å². The van der Waals surface area contributed by atoms with Crippen LogP contribution in [-0.4, -0.2) is 41.9 Å².